The maximum absolute atomic E-state index is 12.2. The summed E-state index contributed by atoms with van der Waals surface area (Å²) in [6.07, 6.45) is 2.68. The SMILES string of the molecule is N[C@@H]1CCN(C(=O)CCn2cnc3sccc3c2=O)C1. The lowest BCUT2D eigenvalue weighted by Gasteiger charge is -2.15. The van der Waals surface area contributed by atoms with Gasteiger partial charge in [0, 0.05) is 32.1 Å². The standard InChI is InChI=1S/C13H16N4O2S/c14-9-1-4-16(7-9)11(18)2-5-17-8-15-12-10(13(17)19)3-6-20-12/h3,6,8-9H,1-2,4-5,7,14H2/t9-/m1/s1. The molecule has 0 unspecified atom stereocenters. The van der Waals surface area contributed by atoms with Gasteiger partial charge < -0.3 is 10.6 Å². The third kappa shape index (κ3) is 2.46. The summed E-state index contributed by atoms with van der Waals surface area (Å²) in [6, 6.07) is 1.86. The second kappa shape index (κ2) is 5.34. The van der Waals surface area contributed by atoms with Crippen molar-refractivity contribution in [1.29, 1.82) is 0 Å². The molecule has 0 aromatic carbocycles. The maximum atomic E-state index is 12.2. The molecule has 0 aliphatic carbocycles. The van der Waals surface area contributed by atoms with Crippen molar-refractivity contribution in [2.75, 3.05) is 13.1 Å². The first-order chi connectivity index (χ1) is 9.65. The van der Waals surface area contributed by atoms with Crippen molar-refractivity contribution in [3.05, 3.63) is 28.1 Å². The first-order valence-corrected chi connectivity index (χ1v) is 7.49. The first kappa shape index (κ1) is 13.3. The van der Waals surface area contributed by atoms with Crippen LogP contribution in [-0.2, 0) is 11.3 Å². The Bertz CT molecular complexity index is 693. The topological polar surface area (TPSA) is 81.2 Å². The second-order valence-corrected chi connectivity index (χ2v) is 5.92. The average molecular weight is 292 g/mol. The van der Waals surface area contributed by atoms with Gasteiger partial charge in [-0.2, -0.15) is 0 Å². The smallest absolute Gasteiger partial charge is 0.262 e. The van der Waals surface area contributed by atoms with Crippen LogP contribution in [0.2, 0.25) is 0 Å². The Labute approximate surface area is 119 Å². The molecule has 0 spiro atoms. The summed E-state index contributed by atoms with van der Waals surface area (Å²) in [5.74, 6) is 0.0512. The summed E-state index contributed by atoms with van der Waals surface area (Å²) in [5.41, 5.74) is 5.71. The number of thiophene rings is 1. The van der Waals surface area contributed by atoms with E-state index < -0.39 is 0 Å². The van der Waals surface area contributed by atoms with Crippen LogP contribution >= 0.6 is 11.3 Å². The van der Waals surface area contributed by atoms with Crippen LogP contribution in [0.25, 0.3) is 10.2 Å². The molecule has 20 heavy (non-hydrogen) atoms. The maximum Gasteiger partial charge on any atom is 0.262 e. The average Bonchev–Trinajstić information content (AvgIpc) is 3.06. The van der Waals surface area contributed by atoms with Crippen LogP contribution in [-0.4, -0.2) is 39.5 Å². The minimum absolute atomic E-state index is 0.0512. The summed E-state index contributed by atoms with van der Waals surface area (Å²) >= 11 is 1.44. The fourth-order valence-electron chi connectivity index (χ4n) is 2.44. The molecule has 1 aliphatic rings. The number of rotatable bonds is 3. The highest BCUT2D eigenvalue weighted by Crippen LogP contribution is 2.13. The third-order valence-electron chi connectivity index (χ3n) is 3.59. The van der Waals surface area contributed by atoms with Crippen molar-refractivity contribution >= 4 is 27.5 Å². The number of carbonyl (C=O) groups is 1. The van der Waals surface area contributed by atoms with E-state index in [4.69, 9.17) is 5.73 Å². The minimum Gasteiger partial charge on any atom is -0.341 e. The van der Waals surface area contributed by atoms with Crippen LogP contribution in [0.3, 0.4) is 0 Å². The number of aromatic nitrogens is 2. The number of nitrogens with zero attached hydrogens (tertiary/aromatic N) is 3. The molecule has 3 rings (SSSR count). The Hall–Kier alpha value is -1.73. The van der Waals surface area contributed by atoms with Crippen LogP contribution in [0.15, 0.2) is 22.6 Å². The molecule has 2 aromatic heterocycles. The Morgan fingerprint density at radius 1 is 1.55 bits per heavy atom. The molecule has 3 heterocycles. The highest BCUT2D eigenvalue weighted by Gasteiger charge is 2.23. The number of likely N-dealkylation sites (tertiary alicyclic amines) is 1. The van der Waals surface area contributed by atoms with Gasteiger partial charge >= 0.3 is 0 Å². The van der Waals surface area contributed by atoms with Gasteiger partial charge in [-0.15, -0.1) is 11.3 Å². The quantitative estimate of drug-likeness (QED) is 0.888. The monoisotopic (exact) mass is 292 g/mol. The normalized spacial score (nSPS) is 18.9. The highest BCUT2D eigenvalue weighted by atomic mass is 32.1. The fourth-order valence-corrected chi connectivity index (χ4v) is 3.16. The van der Waals surface area contributed by atoms with Crippen LogP contribution in [0.1, 0.15) is 12.8 Å². The summed E-state index contributed by atoms with van der Waals surface area (Å²) in [7, 11) is 0. The molecule has 2 N–H and O–H groups in total. The van der Waals surface area contributed by atoms with Gasteiger partial charge in [0.05, 0.1) is 11.7 Å². The summed E-state index contributed by atoms with van der Waals surface area (Å²) in [5, 5.41) is 2.47. The van der Waals surface area contributed by atoms with Crippen molar-refractivity contribution in [3.63, 3.8) is 0 Å². The van der Waals surface area contributed by atoms with Crippen LogP contribution in [0.4, 0.5) is 0 Å². The summed E-state index contributed by atoms with van der Waals surface area (Å²) in [6.45, 7) is 1.70. The third-order valence-corrected chi connectivity index (χ3v) is 4.42. The first-order valence-electron chi connectivity index (χ1n) is 6.61. The molecule has 0 bridgehead atoms. The van der Waals surface area contributed by atoms with Gasteiger partial charge in [-0.25, -0.2) is 4.98 Å². The Kier molecular flexibility index (Phi) is 3.54. The molecule has 6 nitrogen and oxygen atoms in total. The number of carbonyl (C=O) groups excluding carboxylic acids is 1. The van der Waals surface area contributed by atoms with E-state index >= 15 is 0 Å². The lowest BCUT2D eigenvalue weighted by Crippen LogP contribution is -2.33. The number of hydrogen-bond donors (Lipinski definition) is 1. The largest absolute Gasteiger partial charge is 0.341 e. The van der Waals surface area contributed by atoms with E-state index in [1.165, 1.54) is 22.2 Å². The van der Waals surface area contributed by atoms with E-state index in [9.17, 15) is 9.59 Å². The molecule has 1 saturated heterocycles. The summed E-state index contributed by atoms with van der Waals surface area (Å²) < 4.78 is 1.50. The number of hydrogen-bond acceptors (Lipinski definition) is 5. The number of nitrogens with two attached hydrogens (primary N) is 1. The highest BCUT2D eigenvalue weighted by molar-refractivity contribution is 7.16. The Balaban J connectivity index is 1.69. The van der Waals surface area contributed by atoms with Gasteiger partial charge in [0.2, 0.25) is 5.91 Å². The Morgan fingerprint density at radius 2 is 2.40 bits per heavy atom. The van der Waals surface area contributed by atoms with Crippen molar-refractivity contribution in [2.24, 2.45) is 5.73 Å². The molecule has 1 atom stereocenters. The number of fused-ring (bicyclic) bond motifs is 1. The van der Waals surface area contributed by atoms with Gasteiger partial charge in [-0.3, -0.25) is 14.2 Å². The molecule has 0 radical (unpaired) electrons. The van der Waals surface area contributed by atoms with Crippen LogP contribution in [0.5, 0.6) is 0 Å². The van der Waals surface area contributed by atoms with Crippen LogP contribution < -0.4 is 11.3 Å². The predicted molar refractivity (Wildman–Crippen MR) is 77.7 cm³/mol. The molecule has 7 heteroatoms. The summed E-state index contributed by atoms with van der Waals surface area (Å²) in [4.78, 5) is 30.9. The van der Waals surface area contributed by atoms with E-state index in [0.29, 0.717) is 24.9 Å². The lowest BCUT2D eigenvalue weighted by molar-refractivity contribution is -0.130. The van der Waals surface area contributed by atoms with Gasteiger partial charge in [-0.05, 0) is 17.9 Å². The van der Waals surface area contributed by atoms with E-state index in [1.807, 2.05) is 5.38 Å². The van der Waals surface area contributed by atoms with Crippen molar-refractivity contribution in [2.45, 2.75) is 25.4 Å². The van der Waals surface area contributed by atoms with Crippen LogP contribution in [0, 0.1) is 0 Å². The molecule has 1 amide bonds. The molecule has 106 valence electrons. The zero-order chi connectivity index (χ0) is 14.1. The molecular weight excluding hydrogens is 276 g/mol. The van der Waals surface area contributed by atoms with Gasteiger partial charge in [0.1, 0.15) is 4.83 Å². The molecule has 1 aliphatic heterocycles. The van der Waals surface area contributed by atoms with Crippen molar-refractivity contribution < 1.29 is 4.79 Å². The fraction of sp³-hybridized carbons (Fsp3) is 0.462. The molecule has 2 aromatic rings. The van der Waals surface area contributed by atoms with Gasteiger partial charge in [-0.1, -0.05) is 0 Å². The lowest BCUT2D eigenvalue weighted by atomic mass is 10.3. The molecule has 0 saturated carbocycles. The molecule has 1 fully saturated rings. The second-order valence-electron chi connectivity index (χ2n) is 5.02. The number of amides is 1. The molecular formula is C13H16N4O2S. The minimum atomic E-state index is -0.0813. The zero-order valence-corrected chi connectivity index (χ0v) is 11.8. The van der Waals surface area contributed by atoms with Crippen molar-refractivity contribution in [3.8, 4) is 0 Å². The Morgan fingerprint density at radius 3 is 3.15 bits per heavy atom. The van der Waals surface area contributed by atoms with E-state index in [0.717, 1.165) is 17.8 Å². The predicted octanol–water partition coefficient (Wildman–Crippen LogP) is 0.408. The van der Waals surface area contributed by atoms with E-state index in [-0.39, 0.29) is 17.5 Å². The zero-order valence-electron chi connectivity index (χ0n) is 11.0. The van der Waals surface area contributed by atoms with E-state index in [2.05, 4.69) is 4.98 Å². The van der Waals surface area contributed by atoms with Gasteiger partial charge in [0.25, 0.3) is 5.56 Å². The number of aryl methyl sites for hydroxylation is 1. The van der Waals surface area contributed by atoms with Gasteiger partial charge in [0.15, 0.2) is 0 Å². The van der Waals surface area contributed by atoms with Crippen molar-refractivity contribution in [1.82, 2.24) is 14.5 Å². The van der Waals surface area contributed by atoms with E-state index in [1.54, 1.807) is 11.0 Å².